The van der Waals surface area contributed by atoms with Crippen LogP contribution < -0.4 is 5.32 Å². The normalized spacial score (nSPS) is 32.2. The molecule has 2 rings (SSSR count). The Kier molecular flexibility index (Phi) is 5.38. The van der Waals surface area contributed by atoms with E-state index in [4.69, 9.17) is 9.47 Å². The predicted molar refractivity (Wildman–Crippen MR) is 86.9 cm³/mol. The number of nitrogens with zero attached hydrogens (tertiary/aromatic N) is 1. The van der Waals surface area contributed by atoms with Crippen molar-refractivity contribution in [3.05, 3.63) is 0 Å². The van der Waals surface area contributed by atoms with Crippen LogP contribution in [0.4, 0.5) is 4.79 Å². The first kappa shape index (κ1) is 17.5. The molecule has 5 nitrogen and oxygen atoms in total. The van der Waals surface area contributed by atoms with Gasteiger partial charge in [-0.1, -0.05) is 13.8 Å². The van der Waals surface area contributed by atoms with Crippen LogP contribution >= 0.6 is 0 Å². The van der Waals surface area contributed by atoms with E-state index in [1.165, 1.54) is 12.8 Å². The Bertz CT molecular complexity index is 386. The molecule has 0 aromatic rings. The van der Waals surface area contributed by atoms with Crippen LogP contribution in [0, 0.1) is 11.8 Å². The second-order valence-corrected chi connectivity index (χ2v) is 8.11. The fraction of sp³-hybridized carbons (Fsp3) is 0.941. The quantitative estimate of drug-likeness (QED) is 0.867. The molecule has 1 saturated carbocycles. The van der Waals surface area contributed by atoms with Gasteiger partial charge in [0.2, 0.25) is 0 Å². The number of carbonyl (C=O) groups excluding carboxylic acids is 1. The molecule has 0 spiro atoms. The van der Waals surface area contributed by atoms with Gasteiger partial charge < -0.3 is 19.7 Å². The third-order valence-electron chi connectivity index (χ3n) is 4.79. The number of ether oxygens (including phenoxy) is 2. The minimum absolute atomic E-state index is 0.0469. The zero-order valence-electron chi connectivity index (χ0n) is 14.9. The largest absolute Gasteiger partial charge is 0.444 e. The fourth-order valence-electron chi connectivity index (χ4n) is 3.29. The molecule has 0 aromatic heterocycles. The van der Waals surface area contributed by atoms with E-state index in [9.17, 15) is 4.79 Å². The van der Waals surface area contributed by atoms with E-state index in [0.29, 0.717) is 19.1 Å². The maximum atomic E-state index is 12.2. The van der Waals surface area contributed by atoms with Gasteiger partial charge in [0.05, 0.1) is 18.7 Å². The summed E-state index contributed by atoms with van der Waals surface area (Å²) >= 11 is 0. The molecule has 1 saturated heterocycles. The van der Waals surface area contributed by atoms with E-state index in [1.54, 1.807) is 12.0 Å². The molecule has 5 heteroatoms. The summed E-state index contributed by atoms with van der Waals surface area (Å²) in [5, 5.41) is 3.67. The number of hydrogen-bond donors (Lipinski definition) is 1. The second kappa shape index (κ2) is 6.75. The van der Waals surface area contributed by atoms with E-state index >= 15 is 0 Å². The standard InChI is InChI=1S/C17H32N2O3/c1-11(2)12-7-13(8-12)18-14-9-19(10-15(14)21-6)16(20)22-17(3,4)5/h11-15,18H,7-10H2,1-6H3/t12?,13?,14?,15-/m0/s1. The maximum Gasteiger partial charge on any atom is 0.410 e. The van der Waals surface area contributed by atoms with Gasteiger partial charge >= 0.3 is 6.09 Å². The van der Waals surface area contributed by atoms with Gasteiger partial charge in [-0.15, -0.1) is 0 Å². The molecule has 2 fully saturated rings. The lowest BCUT2D eigenvalue weighted by Gasteiger charge is -2.40. The van der Waals surface area contributed by atoms with Gasteiger partial charge in [0, 0.05) is 19.7 Å². The van der Waals surface area contributed by atoms with E-state index in [2.05, 4.69) is 19.2 Å². The molecule has 128 valence electrons. The van der Waals surface area contributed by atoms with Crippen molar-refractivity contribution in [2.24, 2.45) is 11.8 Å². The predicted octanol–water partition coefficient (Wildman–Crippen LogP) is 2.64. The summed E-state index contributed by atoms with van der Waals surface area (Å²) in [6, 6.07) is 0.768. The highest BCUT2D eigenvalue weighted by Gasteiger charge is 2.40. The average Bonchev–Trinajstić information content (AvgIpc) is 2.73. The van der Waals surface area contributed by atoms with Crippen molar-refractivity contribution >= 4 is 6.09 Å². The van der Waals surface area contributed by atoms with Crippen LogP contribution in [-0.4, -0.2) is 55.0 Å². The third kappa shape index (κ3) is 4.35. The lowest BCUT2D eigenvalue weighted by atomic mass is 9.73. The summed E-state index contributed by atoms with van der Waals surface area (Å²) < 4.78 is 11.0. The van der Waals surface area contributed by atoms with Crippen molar-refractivity contribution in [1.29, 1.82) is 0 Å². The molecule has 1 N–H and O–H groups in total. The van der Waals surface area contributed by atoms with Crippen molar-refractivity contribution in [1.82, 2.24) is 10.2 Å². The smallest absolute Gasteiger partial charge is 0.410 e. The Morgan fingerprint density at radius 3 is 2.36 bits per heavy atom. The van der Waals surface area contributed by atoms with Crippen LogP contribution in [0.3, 0.4) is 0 Å². The van der Waals surface area contributed by atoms with Gasteiger partial charge in [-0.25, -0.2) is 4.79 Å². The number of nitrogens with one attached hydrogen (secondary N) is 1. The van der Waals surface area contributed by atoms with Crippen molar-refractivity contribution in [3.63, 3.8) is 0 Å². The lowest BCUT2D eigenvalue weighted by Crippen LogP contribution is -2.51. The Morgan fingerprint density at radius 1 is 1.23 bits per heavy atom. The maximum absolute atomic E-state index is 12.2. The molecule has 1 aliphatic carbocycles. The zero-order valence-corrected chi connectivity index (χ0v) is 14.9. The van der Waals surface area contributed by atoms with Crippen molar-refractivity contribution in [3.8, 4) is 0 Å². The molecule has 0 aromatic carbocycles. The van der Waals surface area contributed by atoms with E-state index in [1.807, 2.05) is 20.8 Å². The number of amides is 1. The number of likely N-dealkylation sites (tertiary alicyclic amines) is 1. The highest BCUT2D eigenvalue weighted by molar-refractivity contribution is 5.68. The number of rotatable bonds is 4. The molecule has 2 aliphatic rings. The molecule has 22 heavy (non-hydrogen) atoms. The molecular weight excluding hydrogens is 280 g/mol. The van der Waals surface area contributed by atoms with Gasteiger partial charge in [-0.2, -0.15) is 0 Å². The number of carbonyl (C=O) groups is 1. The van der Waals surface area contributed by atoms with E-state index in [-0.39, 0.29) is 18.2 Å². The number of methoxy groups -OCH3 is 1. The highest BCUT2D eigenvalue weighted by atomic mass is 16.6. The first-order chi connectivity index (χ1) is 10.2. The van der Waals surface area contributed by atoms with Crippen LogP contribution in [0.1, 0.15) is 47.5 Å². The molecule has 0 radical (unpaired) electrons. The molecule has 2 atom stereocenters. The van der Waals surface area contributed by atoms with Crippen molar-refractivity contribution in [2.45, 2.75) is 71.2 Å². The topological polar surface area (TPSA) is 50.8 Å². The summed E-state index contributed by atoms with van der Waals surface area (Å²) in [7, 11) is 1.72. The van der Waals surface area contributed by atoms with Crippen molar-refractivity contribution < 1.29 is 14.3 Å². The summed E-state index contributed by atoms with van der Waals surface area (Å²) in [5.41, 5.74) is -0.455. The van der Waals surface area contributed by atoms with Gasteiger partial charge in [-0.05, 0) is 45.4 Å². The highest BCUT2D eigenvalue weighted by Crippen LogP contribution is 2.34. The first-order valence-corrected chi connectivity index (χ1v) is 8.46. The average molecular weight is 312 g/mol. The van der Waals surface area contributed by atoms with Gasteiger partial charge in [0.25, 0.3) is 0 Å². The summed E-state index contributed by atoms with van der Waals surface area (Å²) in [6.07, 6.45) is 2.27. The SMILES string of the molecule is CO[C@H]1CN(C(=O)OC(C)(C)C)CC1NC1CC(C(C)C)C1. The Hall–Kier alpha value is -0.810. The summed E-state index contributed by atoms with van der Waals surface area (Å²) in [4.78, 5) is 14.0. The summed E-state index contributed by atoms with van der Waals surface area (Å²) in [5.74, 6) is 1.60. The molecule has 1 unspecified atom stereocenters. The van der Waals surface area contributed by atoms with Gasteiger partial charge in [-0.3, -0.25) is 0 Å². The van der Waals surface area contributed by atoms with Crippen LogP contribution in [0.2, 0.25) is 0 Å². The van der Waals surface area contributed by atoms with Crippen LogP contribution in [0.5, 0.6) is 0 Å². The molecule has 1 heterocycles. The molecule has 1 aliphatic heterocycles. The second-order valence-electron chi connectivity index (χ2n) is 8.11. The third-order valence-corrected chi connectivity index (χ3v) is 4.79. The van der Waals surface area contributed by atoms with E-state index in [0.717, 1.165) is 11.8 Å². The van der Waals surface area contributed by atoms with Gasteiger partial charge in [0.1, 0.15) is 5.60 Å². The van der Waals surface area contributed by atoms with E-state index < -0.39 is 5.60 Å². The minimum Gasteiger partial charge on any atom is -0.444 e. The van der Waals surface area contributed by atoms with Crippen molar-refractivity contribution in [2.75, 3.05) is 20.2 Å². The fourth-order valence-corrected chi connectivity index (χ4v) is 3.29. The monoisotopic (exact) mass is 312 g/mol. The zero-order chi connectivity index (χ0) is 16.5. The van der Waals surface area contributed by atoms with Crippen LogP contribution in [-0.2, 0) is 9.47 Å². The molecule has 0 bridgehead atoms. The number of hydrogen-bond acceptors (Lipinski definition) is 4. The minimum atomic E-state index is -0.455. The lowest BCUT2D eigenvalue weighted by molar-refractivity contribution is 0.0251. The van der Waals surface area contributed by atoms with Gasteiger partial charge in [0.15, 0.2) is 0 Å². The Morgan fingerprint density at radius 2 is 1.86 bits per heavy atom. The Labute approximate surface area is 134 Å². The van der Waals surface area contributed by atoms with Crippen LogP contribution in [0.25, 0.3) is 0 Å². The molecule has 1 amide bonds. The first-order valence-electron chi connectivity index (χ1n) is 8.46. The Balaban J connectivity index is 1.84. The van der Waals surface area contributed by atoms with Crippen LogP contribution in [0.15, 0.2) is 0 Å². The molecular formula is C17H32N2O3. The summed E-state index contributed by atoms with van der Waals surface area (Å²) in [6.45, 7) is 11.5.